The van der Waals surface area contributed by atoms with E-state index in [0.29, 0.717) is 17.0 Å². The molecule has 1 aromatic carbocycles. The molecule has 1 nitrogen and oxygen atoms in total. The molecule has 1 fully saturated rings. The van der Waals surface area contributed by atoms with Crippen molar-refractivity contribution in [2.24, 2.45) is 5.41 Å². The Bertz CT molecular complexity index is 419. The van der Waals surface area contributed by atoms with Gasteiger partial charge in [-0.05, 0) is 42.9 Å². The SMILES string of the molecule is CCC1(C)C(NC)CC1c1cccc(Cl)c1Cl. The molecular weight excluding hydrogens is 253 g/mol. The van der Waals surface area contributed by atoms with Gasteiger partial charge in [-0.1, -0.05) is 49.2 Å². The molecule has 3 unspecified atom stereocenters. The monoisotopic (exact) mass is 271 g/mol. The summed E-state index contributed by atoms with van der Waals surface area (Å²) >= 11 is 12.4. The van der Waals surface area contributed by atoms with Crippen LogP contribution >= 0.6 is 23.2 Å². The standard InChI is InChI=1S/C14H19Cl2N/c1-4-14(2)10(8-12(14)17-3)9-6-5-7-11(15)13(9)16/h5-7,10,12,17H,4,8H2,1-3H3. The van der Waals surface area contributed by atoms with Gasteiger partial charge in [0.05, 0.1) is 10.0 Å². The number of hydrogen-bond donors (Lipinski definition) is 1. The van der Waals surface area contributed by atoms with Crippen LogP contribution in [0.2, 0.25) is 10.0 Å². The Balaban J connectivity index is 2.33. The van der Waals surface area contributed by atoms with Crippen LogP contribution in [0.15, 0.2) is 18.2 Å². The molecule has 94 valence electrons. The minimum atomic E-state index is 0.281. The first-order chi connectivity index (χ1) is 8.04. The molecule has 0 amide bonds. The molecular formula is C14H19Cl2N. The molecule has 1 aromatic rings. The number of rotatable bonds is 3. The Labute approximate surface area is 114 Å². The Kier molecular flexibility index (Phi) is 3.72. The molecule has 1 N–H and O–H groups in total. The summed E-state index contributed by atoms with van der Waals surface area (Å²) in [7, 11) is 2.04. The average molecular weight is 272 g/mol. The summed E-state index contributed by atoms with van der Waals surface area (Å²) in [5, 5.41) is 4.79. The zero-order chi connectivity index (χ0) is 12.6. The van der Waals surface area contributed by atoms with Crippen LogP contribution in [0.1, 0.15) is 38.2 Å². The summed E-state index contributed by atoms with van der Waals surface area (Å²) in [4.78, 5) is 0. The van der Waals surface area contributed by atoms with Crippen molar-refractivity contribution in [2.75, 3.05) is 7.05 Å². The number of halogens is 2. The Morgan fingerprint density at radius 1 is 1.41 bits per heavy atom. The van der Waals surface area contributed by atoms with Gasteiger partial charge in [-0.25, -0.2) is 0 Å². The lowest BCUT2D eigenvalue weighted by Gasteiger charge is -2.54. The van der Waals surface area contributed by atoms with Crippen LogP contribution in [0.3, 0.4) is 0 Å². The van der Waals surface area contributed by atoms with Crippen LogP contribution in [0.25, 0.3) is 0 Å². The first-order valence-electron chi connectivity index (χ1n) is 6.15. The van der Waals surface area contributed by atoms with E-state index >= 15 is 0 Å². The second-order valence-electron chi connectivity index (χ2n) is 5.13. The topological polar surface area (TPSA) is 12.0 Å². The van der Waals surface area contributed by atoms with Crippen molar-refractivity contribution in [2.45, 2.75) is 38.6 Å². The molecule has 0 radical (unpaired) electrons. The molecule has 3 heteroatoms. The quantitative estimate of drug-likeness (QED) is 0.855. The molecule has 2 rings (SSSR count). The maximum atomic E-state index is 6.32. The van der Waals surface area contributed by atoms with E-state index in [1.807, 2.05) is 19.2 Å². The summed E-state index contributed by atoms with van der Waals surface area (Å²) in [5.74, 6) is 0.510. The zero-order valence-electron chi connectivity index (χ0n) is 10.6. The van der Waals surface area contributed by atoms with Crippen LogP contribution < -0.4 is 5.32 Å². The third-order valence-electron chi connectivity index (χ3n) is 4.53. The summed E-state index contributed by atoms with van der Waals surface area (Å²) in [6.45, 7) is 4.58. The van der Waals surface area contributed by atoms with Crippen molar-refractivity contribution < 1.29 is 0 Å². The first kappa shape index (κ1) is 13.2. The highest BCUT2D eigenvalue weighted by atomic mass is 35.5. The van der Waals surface area contributed by atoms with E-state index in [2.05, 4.69) is 25.2 Å². The van der Waals surface area contributed by atoms with E-state index in [0.717, 1.165) is 17.9 Å². The van der Waals surface area contributed by atoms with Crippen molar-refractivity contribution in [3.05, 3.63) is 33.8 Å². The fourth-order valence-electron chi connectivity index (χ4n) is 3.07. The van der Waals surface area contributed by atoms with Crippen molar-refractivity contribution in [3.8, 4) is 0 Å². The van der Waals surface area contributed by atoms with Gasteiger partial charge in [-0.2, -0.15) is 0 Å². The lowest BCUT2D eigenvalue weighted by molar-refractivity contribution is 0.0495. The first-order valence-corrected chi connectivity index (χ1v) is 6.91. The van der Waals surface area contributed by atoms with Gasteiger partial charge in [0.25, 0.3) is 0 Å². The zero-order valence-corrected chi connectivity index (χ0v) is 12.1. The smallest absolute Gasteiger partial charge is 0.0627 e. The van der Waals surface area contributed by atoms with Gasteiger partial charge >= 0.3 is 0 Å². The molecule has 0 saturated heterocycles. The van der Waals surface area contributed by atoms with Crippen molar-refractivity contribution >= 4 is 23.2 Å². The Morgan fingerprint density at radius 2 is 2.12 bits per heavy atom. The largest absolute Gasteiger partial charge is 0.316 e. The normalized spacial score (nSPS) is 32.3. The van der Waals surface area contributed by atoms with Crippen LogP contribution in [0.4, 0.5) is 0 Å². The predicted octanol–water partition coefficient (Wildman–Crippen LogP) is 4.49. The fourth-order valence-corrected chi connectivity index (χ4v) is 3.51. The minimum absolute atomic E-state index is 0.281. The third-order valence-corrected chi connectivity index (χ3v) is 5.36. The highest BCUT2D eigenvalue weighted by molar-refractivity contribution is 6.42. The second-order valence-corrected chi connectivity index (χ2v) is 5.92. The van der Waals surface area contributed by atoms with Crippen LogP contribution in [0.5, 0.6) is 0 Å². The van der Waals surface area contributed by atoms with Gasteiger partial charge in [-0.15, -0.1) is 0 Å². The molecule has 1 saturated carbocycles. The van der Waals surface area contributed by atoms with Crippen molar-refractivity contribution in [1.29, 1.82) is 0 Å². The Hall–Kier alpha value is -0.240. The summed E-state index contributed by atoms with van der Waals surface area (Å²) < 4.78 is 0. The van der Waals surface area contributed by atoms with Crippen LogP contribution in [0, 0.1) is 5.41 Å². The van der Waals surface area contributed by atoms with Crippen molar-refractivity contribution in [3.63, 3.8) is 0 Å². The number of nitrogens with one attached hydrogen (secondary N) is 1. The van der Waals surface area contributed by atoms with E-state index in [1.54, 1.807) is 0 Å². The number of benzene rings is 1. The summed E-state index contributed by atoms with van der Waals surface area (Å²) in [5.41, 5.74) is 1.48. The van der Waals surface area contributed by atoms with Gasteiger partial charge in [0, 0.05) is 6.04 Å². The van der Waals surface area contributed by atoms with E-state index in [1.165, 1.54) is 5.56 Å². The molecule has 1 aliphatic carbocycles. The summed E-state index contributed by atoms with van der Waals surface area (Å²) in [6.07, 6.45) is 2.28. The van der Waals surface area contributed by atoms with Gasteiger partial charge in [0.15, 0.2) is 0 Å². The maximum Gasteiger partial charge on any atom is 0.0627 e. The Morgan fingerprint density at radius 3 is 2.71 bits per heavy atom. The fraction of sp³-hybridized carbons (Fsp3) is 0.571. The lowest BCUT2D eigenvalue weighted by atomic mass is 9.54. The highest BCUT2D eigenvalue weighted by Crippen LogP contribution is 2.56. The molecule has 1 aliphatic rings. The van der Waals surface area contributed by atoms with Gasteiger partial charge in [0.1, 0.15) is 0 Å². The highest BCUT2D eigenvalue weighted by Gasteiger charge is 2.50. The van der Waals surface area contributed by atoms with E-state index < -0.39 is 0 Å². The van der Waals surface area contributed by atoms with Crippen LogP contribution in [-0.4, -0.2) is 13.1 Å². The molecule has 0 spiro atoms. The predicted molar refractivity (Wildman–Crippen MR) is 75.1 cm³/mol. The molecule has 17 heavy (non-hydrogen) atoms. The number of hydrogen-bond acceptors (Lipinski definition) is 1. The van der Waals surface area contributed by atoms with Gasteiger partial charge < -0.3 is 5.32 Å². The second kappa shape index (κ2) is 4.79. The molecule has 0 aromatic heterocycles. The van der Waals surface area contributed by atoms with E-state index in [-0.39, 0.29) is 5.41 Å². The average Bonchev–Trinajstić information content (AvgIpc) is 2.32. The summed E-state index contributed by atoms with van der Waals surface area (Å²) in [6, 6.07) is 6.53. The lowest BCUT2D eigenvalue weighted by Crippen LogP contribution is -2.55. The van der Waals surface area contributed by atoms with E-state index in [9.17, 15) is 0 Å². The molecule has 0 heterocycles. The van der Waals surface area contributed by atoms with Gasteiger partial charge in [0.2, 0.25) is 0 Å². The maximum absolute atomic E-state index is 6.32. The van der Waals surface area contributed by atoms with Crippen LogP contribution in [-0.2, 0) is 0 Å². The van der Waals surface area contributed by atoms with Crippen molar-refractivity contribution in [1.82, 2.24) is 5.32 Å². The minimum Gasteiger partial charge on any atom is -0.316 e. The van der Waals surface area contributed by atoms with Gasteiger partial charge in [-0.3, -0.25) is 0 Å². The molecule has 0 aliphatic heterocycles. The molecule has 3 atom stereocenters. The molecule has 0 bridgehead atoms. The van der Waals surface area contributed by atoms with E-state index in [4.69, 9.17) is 23.2 Å². The third kappa shape index (κ3) is 1.99.